The molecule has 1 aliphatic heterocycles. The van der Waals surface area contributed by atoms with Crippen LogP contribution in [0.4, 0.5) is 0 Å². The molecule has 1 aliphatic rings. The number of hydrogen-bond acceptors (Lipinski definition) is 3. The van der Waals surface area contributed by atoms with E-state index in [1.54, 1.807) is 0 Å². The van der Waals surface area contributed by atoms with Gasteiger partial charge in [-0.1, -0.05) is 23.6 Å². The zero-order valence-corrected chi connectivity index (χ0v) is 13.1. The lowest BCUT2D eigenvalue weighted by Gasteiger charge is -2.31. The van der Waals surface area contributed by atoms with E-state index in [0.717, 1.165) is 31.7 Å². The standard InChI is InChI=1S/C18H23NO3/c1-3-12-21-13-16-8-10-19(11-9-16)18(20)14-22-17-6-4-15(2)5-7-17/h1,4-7,16H,8-14H2,2H3. The summed E-state index contributed by atoms with van der Waals surface area (Å²) < 4.78 is 10.9. The van der Waals surface area contributed by atoms with Crippen LogP contribution < -0.4 is 4.74 Å². The Balaban J connectivity index is 1.69. The highest BCUT2D eigenvalue weighted by Gasteiger charge is 2.23. The number of rotatable bonds is 6. The van der Waals surface area contributed by atoms with Crippen molar-refractivity contribution in [1.29, 1.82) is 0 Å². The first-order chi connectivity index (χ1) is 10.7. The summed E-state index contributed by atoms with van der Waals surface area (Å²) in [6.07, 6.45) is 7.07. The van der Waals surface area contributed by atoms with E-state index in [9.17, 15) is 4.79 Å². The zero-order valence-electron chi connectivity index (χ0n) is 13.1. The minimum absolute atomic E-state index is 0.0450. The first kappa shape index (κ1) is 16.4. The van der Waals surface area contributed by atoms with Gasteiger partial charge in [0.2, 0.25) is 0 Å². The second kappa shape index (κ2) is 8.45. The van der Waals surface area contributed by atoms with Crippen molar-refractivity contribution in [3.8, 4) is 18.1 Å². The Morgan fingerprint density at radius 1 is 1.32 bits per heavy atom. The van der Waals surface area contributed by atoms with Crippen molar-refractivity contribution < 1.29 is 14.3 Å². The summed E-state index contributed by atoms with van der Waals surface area (Å²) in [5.74, 6) is 3.74. The molecular formula is C18H23NO3. The first-order valence-corrected chi connectivity index (χ1v) is 7.67. The summed E-state index contributed by atoms with van der Waals surface area (Å²) in [5, 5.41) is 0. The lowest BCUT2D eigenvalue weighted by atomic mass is 9.98. The minimum atomic E-state index is 0.0450. The van der Waals surface area contributed by atoms with E-state index < -0.39 is 0 Å². The third-order valence-corrected chi connectivity index (χ3v) is 3.89. The van der Waals surface area contributed by atoms with Crippen LogP contribution in [0, 0.1) is 25.2 Å². The monoisotopic (exact) mass is 301 g/mol. The van der Waals surface area contributed by atoms with Crippen molar-refractivity contribution in [3.63, 3.8) is 0 Å². The molecule has 0 spiro atoms. The van der Waals surface area contributed by atoms with Crippen LogP contribution in [0.5, 0.6) is 5.75 Å². The highest BCUT2D eigenvalue weighted by atomic mass is 16.5. The molecule has 1 heterocycles. The number of amides is 1. The number of ether oxygens (including phenoxy) is 2. The van der Waals surface area contributed by atoms with E-state index in [0.29, 0.717) is 19.1 Å². The van der Waals surface area contributed by atoms with Crippen LogP contribution in [0.2, 0.25) is 0 Å². The fourth-order valence-electron chi connectivity index (χ4n) is 2.50. The molecule has 1 fully saturated rings. The lowest BCUT2D eigenvalue weighted by molar-refractivity contribution is -0.135. The van der Waals surface area contributed by atoms with Gasteiger partial charge in [0.25, 0.3) is 5.91 Å². The van der Waals surface area contributed by atoms with E-state index in [2.05, 4.69) is 5.92 Å². The van der Waals surface area contributed by atoms with Crippen LogP contribution in [-0.2, 0) is 9.53 Å². The van der Waals surface area contributed by atoms with Gasteiger partial charge < -0.3 is 14.4 Å². The normalized spacial score (nSPS) is 15.4. The molecular weight excluding hydrogens is 278 g/mol. The third-order valence-electron chi connectivity index (χ3n) is 3.89. The second-order valence-electron chi connectivity index (χ2n) is 5.65. The van der Waals surface area contributed by atoms with Gasteiger partial charge in [0, 0.05) is 13.1 Å². The molecule has 22 heavy (non-hydrogen) atoms. The van der Waals surface area contributed by atoms with Gasteiger partial charge in [0.05, 0.1) is 6.61 Å². The van der Waals surface area contributed by atoms with Crippen molar-refractivity contribution in [2.24, 2.45) is 5.92 Å². The van der Waals surface area contributed by atoms with Gasteiger partial charge in [-0.2, -0.15) is 0 Å². The molecule has 0 N–H and O–H groups in total. The number of aryl methyl sites for hydroxylation is 1. The molecule has 1 aromatic rings. The number of carbonyl (C=O) groups is 1. The van der Waals surface area contributed by atoms with Crippen LogP contribution in [0.15, 0.2) is 24.3 Å². The Morgan fingerprint density at radius 2 is 2.00 bits per heavy atom. The highest BCUT2D eigenvalue weighted by Crippen LogP contribution is 2.18. The molecule has 0 aromatic heterocycles. The zero-order chi connectivity index (χ0) is 15.8. The maximum absolute atomic E-state index is 12.1. The van der Waals surface area contributed by atoms with Crippen molar-refractivity contribution in [3.05, 3.63) is 29.8 Å². The van der Waals surface area contributed by atoms with Crippen LogP contribution in [0.1, 0.15) is 18.4 Å². The number of likely N-dealkylation sites (tertiary alicyclic amines) is 1. The number of piperidine rings is 1. The number of carbonyl (C=O) groups excluding carboxylic acids is 1. The molecule has 4 nitrogen and oxygen atoms in total. The van der Waals surface area contributed by atoms with Gasteiger partial charge in [0.15, 0.2) is 6.61 Å². The Labute approximate surface area is 132 Å². The molecule has 4 heteroatoms. The Morgan fingerprint density at radius 3 is 2.64 bits per heavy atom. The average molecular weight is 301 g/mol. The molecule has 2 rings (SSSR count). The van der Waals surface area contributed by atoms with E-state index in [4.69, 9.17) is 15.9 Å². The van der Waals surface area contributed by atoms with E-state index in [1.165, 1.54) is 5.56 Å². The van der Waals surface area contributed by atoms with E-state index in [1.807, 2.05) is 36.1 Å². The van der Waals surface area contributed by atoms with E-state index >= 15 is 0 Å². The summed E-state index contributed by atoms with van der Waals surface area (Å²) in [4.78, 5) is 14.0. The van der Waals surface area contributed by atoms with Gasteiger partial charge in [-0.3, -0.25) is 4.79 Å². The van der Waals surface area contributed by atoms with Crippen LogP contribution in [0.3, 0.4) is 0 Å². The summed E-state index contributed by atoms with van der Waals surface area (Å²) in [5.41, 5.74) is 1.17. The third kappa shape index (κ3) is 5.09. The number of terminal acetylenes is 1. The molecule has 0 saturated carbocycles. The Bertz CT molecular complexity index is 510. The summed E-state index contributed by atoms with van der Waals surface area (Å²) >= 11 is 0. The smallest absolute Gasteiger partial charge is 0.260 e. The maximum atomic E-state index is 12.1. The molecule has 1 amide bonds. The van der Waals surface area contributed by atoms with Gasteiger partial charge in [-0.05, 0) is 37.8 Å². The first-order valence-electron chi connectivity index (χ1n) is 7.67. The summed E-state index contributed by atoms with van der Waals surface area (Å²) in [6, 6.07) is 7.72. The van der Waals surface area contributed by atoms with Crippen LogP contribution in [-0.4, -0.2) is 43.7 Å². The van der Waals surface area contributed by atoms with Crippen molar-refractivity contribution in [2.45, 2.75) is 19.8 Å². The SMILES string of the molecule is C#CCOCC1CCN(C(=O)COc2ccc(C)cc2)CC1. The quantitative estimate of drug-likeness (QED) is 0.597. The molecule has 0 aliphatic carbocycles. The van der Waals surface area contributed by atoms with Gasteiger partial charge in [-0.25, -0.2) is 0 Å². The van der Waals surface area contributed by atoms with Gasteiger partial charge in [-0.15, -0.1) is 6.42 Å². The molecule has 0 unspecified atom stereocenters. The molecule has 0 atom stereocenters. The van der Waals surface area contributed by atoms with Crippen molar-refractivity contribution in [2.75, 3.05) is 32.9 Å². The van der Waals surface area contributed by atoms with Crippen LogP contribution >= 0.6 is 0 Å². The minimum Gasteiger partial charge on any atom is -0.484 e. The topological polar surface area (TPSA) is 38.8 Å². The Kier molecular flexibility index (Phi) is 6.29. The molecule has 0 bridgehead atoms. The Hall–Kier alpha value is -1.99. The fraction of sp³-hybridized carbons (Fsp3) is 0.500. The summed E-state index contributed by atoms with van der Waals surface area (Å²) in [7, 11) is 0. The lowest BCUT2D eigenvalue weighted by Crippen LogP contribution is -2.41. The van der Waals surface area contributed by atoms with Crippen LogP contribution in [0.25, 0.3) is 0 Å². The predicted molar refractivity (Wildman–Crippen MR) is 85.6 cm³/mol. The molecule has 0 radical (unpaired) electrons. The maximum Gasteiger partial charge on any atom is 0.260 e. The number of nitrogens with zero attached hydrogens (tertiary/aromatic N) is 1. The summed E-state index contributed by atoms with van der Waals surface area (Å²) in [6.45, 7) is 4.70. The second-order valence-corrected chi connectivity index (χ2v) is 5.65. The number of benzene rings is 1. The molecule has 1 aromatic carbocycles. The largest absolute Gasteiger partial charge is 0.484 e. The van der Waals surface area contributed by atoms with Gasteiger partial charge in [0.1, 0.15) is 12.4 Å². The van der Waals surface area contributed by atoms with Crippen molar-refractivity contribution in [1.82, 2.24) is 4.90 Å². The van der Waals surface area contributed by atoms with E-state index in [-0.39, 0.29) is 12.5 Å². The highest BCUT2D eigenvalue weighted by molar-refractivity contribution is 5.77. The fourth-order valence-corrected chi connectivity index (χ4v) is 2.50. The molecule has 1 saturated heterocycles. The van der Waals surface area contributed by atoms with Crippen molar-refractivity contribution >= 4 is 5.91 Å². The average Bonchev–Trinajstić information content (AvgIpc) is 2.55. The van der Waals surface area contributed by atoms with Gasteiger partial charge >= 0.3 is 0 Å². The molecule has 118 valence electrons. The predicted octanol–water partition coefficient (Wildman–Crippen LogP) is 2.26. The number of hydrogen-bond donors (Lipinski definition) is 0.